The number of fused-ring (bicyclic) bond motifs is 6. The molecule has 0 bridgehead atoms. The number of non-ortho nitro benzene ring substituents is 2. The number of hydrogen-bond donors (Lipinski definition) is 0. The highest BCUT2D eigenvalue weighted by Gasteiger charge is 2.20. The van der Waals surface area contributed by atoms with Gasteiger partial charge in [0, 0.05) is 54.8 Å². The van der Waals surface area contributed by atoms with Crippen LogP contribution in [0.3, 0.4) is 0 Å². The molecule has 0 saturated heterocycles. The van der Waals surface area contributed by atoms with Gasteiger partial charge in [0.25, 0.3) is 22.5 Å². The van der Waals surface area contributed by atoms with E-state index in [2.05, 4.69) is 15.9 Å². The number of pyridine rings is 2. The zero-order chi connectivity index (χ0) is 36.1. The van der Waals surface area contributed by atoms with Crippen molar-refractivity contribution in [2.75, 3.05) is 0 Å². The molecule has 4 aromatic carbocycles. The van der Waals surface area contributed by atoms with E-state index < -0.39 is 15.4 Å². The smallest absolute Gasteiger partial charge is 0.273 e. The molecule has 0 amide bonds. The summed E-state index contributed by atoms with van der Waals surface area (Å²) in [7, 11) is 3.80. The van der Waals surface area contributed by atoms with E-state index in [4.69, 9.17) is 0 Å². The van der Waals surface area contributed by atoms with E-state index in [9.17, 15) is 35.1 Å². The third-order valence-electron chi connectivity index (χ3n) is 8.82. The number of nitro benzene ring substituents is 2. The second kappa shape index (κ2) is 12.6. The quantitative estimate of drug-likeness (QED) is 0.134. The fourth-order valence-corrected chi connectivity index (χ4v) is 6.83. The first kappa shape index (κ1) is 32.7. The lowest BCUT2D eigenvalue weighted by molar-refractivity contribution is -0.385. The molecule has 51 heavy (non-hydrogen) atoms. The van der Waals surface area contributed by atoms with Crippen LogP contribution in [0.5, 0.6) is 0 Å². The van der Waals surface area contributed by atoms with Crippen LogP contribution in [0.2, 0.25) is 0 Å². The lowest BCUT2D eigenvalue weighted by Crippen LogP contribution is -2.21. The maximum atomic E-state index is 12.9. The fourth-order valence-electron chi connectivity index (χ4n) is 6.44. The topological polar surface area (TPSA) is 164 Å². The van der Waals surface area contributed by atoms with Gasteiger partial charge in [-0.1, -0.05) is 42.5 Å². The van der Waals surface area contributed by atoms with Gasteiger partial charge in [0.2, 0.25) is 0 Å². The Morgan fingerprint density at radius 3 is 1.69 bits per heavy atom. The van der Waals surface area contributed by atoms with E-state index in [-0.39, 0.29) is 22.5 Å². The first-order valence-corrected chi connectivity index (χ1v) is 16.1. The molecule has 8 rings (SSSR count). The van der Waals surface area contributed by atoms with E-state index in [1.807, 2.05) is 77.8 Å². The van der Waals surface area contributed by atoms with Gasteiger partial charge >= 0.3 is 0 Å². The van der Waals surface area contributed by atoms with Crippen LogP contribution in [-0.4, -0.2) is 28.1 Å². The highest BCUT2D eigenvalue weighted by Crippen LogP contribution is 2.32. The van der Waals surface area contributed by atoms with E-state index >= 15 is 0 Å². The van der Waals surface area contributed by atoms with E-state index in [0.29, 0.717) is 26.9 Å². The van der Waals surface area contributed by atoms with Gasteiger partial charge in [0.05, 0.1) is 53.1 Å². The van der Waals surface area contributed by atoms with Crippen LogP contribution in [0.4, 0.5) is 11.4 Å². The lowest BCUT2D eigenvalue weighted by Gasteiger charge is -2.10. The molecule has 4 aromatic heterocycles. The number of nitriles is 1. The van der Waals surface area contributed by atoms with Gasteiger partial charge in [-0.2, -0.15) is 5.26 Å². The summed E-state index contributed by atoms with van der Waals surface area (Å²) in [4.78, 5) is 46.8. The van der Waals surface area contributed by atoms with Crippen LogP contribution in [0.15, 0.2) is 123 Å². The maximum absolute atomic E-state index is 12.9. The summed E-state index contributed by atoms with van der Waals surface area (Å²) in [6.45, 7) is 0. The average Bonchev–Trinajstić information content (AvgIpc) is 3.58. The monoisotopic (exact) mass is 741 g/mol. The Morgan fingerprint density at radius 2 is 1.14 bits per heavy atom. The Morgan fingerprint density at radius 1 is 0.608 bits per heavy atom. The molecule has 0 fully saturated rings. The Bertz CT molecular complexity index is 2910. The maximum Gasteiger partial charge on any atom is 0.273 e. The van der Waals surface area contributed by atoms with E-state index in [1.54, 1.807) is 34.9 Å². The van der Waals surface area contributed by atoms with Crippen molar-refractivity contribution < 1.29 is 9.85 Å². The minimum atomic E-state index is -0.511. The first-order chi connectivity index (χ1) is 24.5. The van der Waals surface area contributed by atoms with Gasteiger partial charge in [-0.05, 0) is 58.4 Å². The molecule has 8 aromatic rings. The Kier molecular flexibility index (Phi) is 8.04. The molecule has 0 aliphatic carbocycles. The van der Waals surface area contributed by atoms with E-state index in [1.165, 1.54) is 34.9 Å². The number of nitrogens with zero attached hydrogens (tertiary/aromatic N) is 7. The van der Waals surface area contributed by atoms with Gasteiger partial charge in [0.1, 0.15) is 11.6 Å². The van der Waals surface area contributed by atoms with Gasteiger partial charge in [-0.3, -0.25) is 39.0 Å². The molecule has 250 valence electrons. The van der Waals surface area contributed by atoms with Gasteiger partial charge in [0.15, 0.2) is 0 Å². The second-order valence-corrected chi connectivity index (χ2v) is 12.5. The van der Waals surface area contributed by atoms with Crippen LogP contribution in [0, 0.1) is 31.6 Å². The molecule has 0 atom stereocenters. The van der Waals surface area contributed by atoms with Gasteiger partial charge in [-0.25, -0.2) is 0 Å². The normalized spacial score (nSPS) is 11.1. The molecular weight excluding hydrogens is 718 g/mol. The minimum absolute atomic E-state index is 0.0130. The van der Waals surface area contributed by atoms with Crippen LogP contribution in [0.25, 0.3) is 55.2 Å². The molecule has 0 saturated carbocycles. The SMILES string of the molecule is Cn1c2ccccc2c2c1cc(Br)c(=O)n2-c1ccc([N+](=O)[O-])cc1.Cn1c2ccccc2c2c1cc(C#N)c(=O)n2-c1cccc([N+](=O)[O-])c1. The summed E-state index contributed by atoms with van der Waals surface area (Å²) in [6.07, 6.45) is 0. The van der Waals surface area contributed by atoms with Crippen molar-refractivity contribution in [1.82, 2.24) is 18.3 Å². The molecular formula is C37H24BrN7O6. The third kappa shape index (κ3) is 5.32. The largest absolute Gasteiger partial charge is 0.342 e. The van der Waals surface area contributed by atoms with Crippen molar-refractivity contribution in [3.8, 4) is 17.4 Å². The van der Waals surface area contributed by atoms with Gasteiger partial charge < -0.3 is 9.13 Å². The molecule has 0 N–H and O–H groups in total. The van der Waals surface area contributed by atoms with Crippen molar-refractivity contribution in [1.29, 1.82) is 5.26 Å². The zero-order valence-corrected chi connectivity index (χ0v) is 28.4. The predicted molar refractivity (Wildman–Crippen MR) is 198 cm³/mol. The standard InChI is InChI=1S/C19H12N4O3.C18H12BrN3O3/c1-21-16-8-3-2-7-15(16)18-17(21)9-12(11-20)19(24)22(18)13-5-4-6-14(10-13)23(25)26;1-20-15-5-3-2-4-13(15)17-16(20)10-14(19)18(23)21(17)11-6-8-12(9-7-11)22(24)25/h2-10H,1H3;2-10H,1H3. The molecule has 0 aliphatic rings. The molecule has 13 nitrogen and oxygen atoms in total. The van der Waals surface area contributed by atoms with Gasteiger partial charge in [-0.15, -0.1) is 0 Å². The molecule has 0 aliphatic heterocycles. The molecule has 0 spiro atoms. The van der Waals surface area contributed by atoms with Crippen molar-refractivity contribution in [3.05, 3.63) is 160 Å². The number of halogens is 1. The van der Waals surface area contributed by atoms with Crippen molar-refractivity contribution in [2.45, 2.75) is 0 Å². The average molecular weight is 743 g/mol. The number of hydrogen-bond acceptors (Lipinski definition) is 7. The third-order valence-corrected chi connectivity index (χ3v) is 9.39. The van der Waals surface area contributed by atoms with E-state index in [0.717, 1.165) is 32.8 Å². The number of nitro groups is 2. The molecule has 0 radical (unpaired) electrons. The van der Waals surface area contributed by atoms with Crippen LogP contribution < -0.4 is 11.1 Å². The second-order valence-electron chi connectivity index (χ2n) is 11.6. The number of aromatic nitrogens is 4. The zero-order valence-electron chi connectivity index (χ0n) is 26.9. The predicted octanol–water partition coefficient (Wildman–Crippen LogP) is 7.42. The summed E-state index contributed by atoms with van der Waals surface area (Å²) < 4.78 is 7.33. The molecule has 0 unspecified atom stereocenters. The summed E-state index contributed by atoms with van der Waals surface area (Å²) in [5.74, 6) is 0. The summed E-state index contributed by atoms with van der Waals surface area (Å²) >= 11 is 3.34. The Hall–Kier alpha value is -6.85. The first-order valence-electron chi connectivity index (χ1n) is 15.3. The minimum Gasteiger partial charge on any atom is -0.342 e. The summed E-state index contributed by atoms with van der Waals surface area (Å²) in [5, 5.41) is 33.2. The summed E-state index contributed by atoms with van der Waals surface area (Å²) in [5.41, 5.74) is 4.96. The lowest BCUT2D eigenvalue weighted by atomic mass is 10.2. The number of rotatable bonds is 4. The highest BCUT2D eigenvalue weighted by atomic mass is 79.9. The number of benzene rings is 4. The van der Waals surface area contributed by atoms with Crippen LogP contribution >= 0.6 is 15.9 Å². The number of aryl methyl sites for hydroxylation is 2. The molecule has 4 heterocycles. The Labute approximate surface area is 295 Å². The number of para-hydroxylation sites is 2. The fraction of sp³-hybridized carbons (Fsp3) is 0.0541. The summed E-state index contributed by atoms with van der Waals surface area (Å²) in [6, 6.07) is 32.5. The van der Waals surface area contributed by atoms with Crippen LogP contribution in [0.1, 0.15) is 5.56 Å². The Balaban J connectivity index is 0.000000159. The molecule has 14 heteroatoms. The van der Waals surface area contributed by atoms with Crippen molar-refractivity contribution in [2.24, 2.45) is 14.1 Å². The van der Waals surface area contributed by atoms with Crippen LogP contribution in [-0.2, 0) is 14.1 Å². The van der Waals surface area contributed by atoms with Crippen molar-refractivity contribution in [3.63, 3.8) is 0 Å². The van der Waals surface area contributed by atoms with Crippen molar-refractivity contribution >= 4 is 71.2 Å². The highest BCUT2D eigenvalue weighted by molar-refractivity contribution is 9.10.